The summed E-state index contributed by atoms with van der Waals surface area (Å²) >= 11 is 0. The lowest BCUT2D eigenvalue weighted by atomic mass is 9.99. The van der Waals surface area contributed by atoms with Crippen molar-refractivity contribution < 1.29 is 35.7 Å². The van der Waals surface area contributed by atoms with Crippen molar-refractivity contribution in [2.24, 2.45) is 0 Å². The van der Waals surface area contributed by atoms with E-state index in [-0.39, 0.29) is 27.9 Å². The van der Waals surface area contributed by atoms with E-state index < -0.39 is 58.1 Å². The summed E-state index contributed by atoms with van der Waals surface area (Å²) in [5.41, 5.74) is -2.68. The van der Waals surface area contributed by atoms with Crippen LogP contribution in [0.2, 0.25) is 0 Å². The fourth-order valence-electron chi connectivity index (χ4n) is 4.32. The minimum atomic E-state index is -4.85. The molecule has 190 valence electrons. The maximum atomic E-state index is 14.7. The van der Waals surface area contributed by atoms with E-state index in [1.165, 1.54) is 24.4 Å². The molecule has 13 heteroatoms. The number of methoxy groups -OCH3 is 1. The van der Waals surface area contributed by atoms with Crippen LogP contribution in [0.1, 0.15) is 30.7 Å². The maximum Gasteiger partial charge on any atom is 0.419 e. The number of aromatic nitrogens is 1. The van der Waals surface area contributed by atoms with Crippen LogP contribution >= 0.6 is 0 Å². The molecule has 2 N–H and O–H groups in total. The largest absolute Gasteiger partial charge is 0.419 e. The molecule has 2 aromatic rings. The topological polar surface area (TPSA) is 95.4 Å². The first-order valence-electron chi connectivity index (χ1n) is 10.6. The van der Waals surface area contributed by atoms with E-state index in [1.807, 2.05) is 0 Å². The molecule has 0 radical (unpaired) electrons. The standard InChI is InChI=1S/C22H23F5N4O3S/c1-34-21(22(25,26)27)10-16(20(32)30-13-7-8-29-17(9-13)35(2,28)33)31(11-21)15-6-5-14(23)19(24)18(15)12-3-4-12/h5-9,12,16,28H,3-4,10-11H2,1-2H3,(H,29,30,32)/t16-,21+,35-/m1/s1. The Kier molecular flexibility index (Phi) is 6.29. The number of carbonyl (C=O) groups is 1. The van der Waals surface area contributed by atoms with Gasteiger partial charge in [0.25, 0.3) is 0 Å². The Hall–Kier alpha value is -2.80. The Morgan fingerprint density at radius 2 is 1.97 bits per heavy atom. The highest BCUT2D eigenvalue weighted by molar-refractivity contribution is 7.91. The van der Waals surface area contributed by atoms with Gasteiger partial charge in [-0.3, -0.25) is 4.79 Å². The van der Waals surface area contributed by atoms with E-state index in [0.29, 0.717) is 12.8 Å². The molecule has 35 heavy (non-hydrogen) atoms. The Morgan fingerprint density at radius 3 is 2.54 bits per heavy atom. The first kappa shape index (κ1) is 25.3. The van der Waals surface area contributed by atoms with Crippen LogP contribution in [0.3, 0.4) is 0 Å². The van der Waals surface area contributed by atoms with Gasteiger partial charge in [0.1, 0.15) is 11.1 Å². The minimum Gasteiger partial charge on any atom is -0.367 e. The lowest BCUT2D eigenvalue weighted by Crippen LogP contribution is -2.49. The van der Waals surface area contributed by atoms with Gasteiger partial charge in [-0.25, -0.2) is 22.8 Å². The van der Waals surface area contributed by atoms with Gasteiger partial charge in [-0.2, -0.15) is 13.2 Å². The van der Waals surface area contributed by atoms with Crippen molar-refractivity contribution in [1.82, 2.24) is 4.98 Å². The second-order valence-electron chi connectivity index (χ2n) is 8.83. The van der Waals surface area contributed by atoms with Crippen LogP contribution in [0, 0.1) is 16.4 Å². The van der Waals surface area contributed by atoms with Gasteiger partial charge in [0.2, 0.25) is 5.91 Å². The Bertz CT molecular complexity index is 1270. The van der Waals surface area contributed by atoms with E-state index in [0.717, 1.165) is 24.3 Å². The van der Waals surface area contributed by atoms with E-state index in [2.05, 4.69) is 10.3 Å². The number of nitrogens with one attached hydrogen (secondary N) is 2. The smallest absolute Gasteiger partial charge is 0.367 e. The molecule has 1 aromatic heterocycles. The number of amides is 1. The second kappa shape index (κ2) is 8.70. The molecular formula is C22H23F5N4O3S. The Morgan fingerprint density at radius 1 is 1.29 bits per heavy atom. The lowest BCUT2D eigenvalue weighted by molar-refractivity contribution is -0.261. The van der Waals surface area contributed by atoms with Crippen LogP contribution in [0.15, 0.2) is 35.5 Å². The predicted molar refractivity (Wildman–Crippen MR) is 118 cm³/mol. The lowest BCUT2D eigenvalue weighted by Gasteiger charge is -2.31. The third-order valence-electron chi connectivity index (χ3n) is 6.34. The molecule has 1 aromatic carbocycles. The van der Waals surface area contributed by atoms with Crippen molar-refractivity contribution >= 4 is 27.0 Å². The summed E-state index contributed by atoms with van der Waals surface area (Å²) in [5, 5.41) is 2.37. The summed E-state index contributed by atoms with van der Waals surface area (Å²) in [7, 11) is -2.32. The summed E-state index contributed by atoms with van der Waals surface area (Å²) in [6, 6.07) is 3.11. The monoisotopic (exact) mass is 518 g/mol. The molecule has 0 bridgehead atoms. The third-order valence-corrected chi connectivity index (χ3v) is 7.36. The fourth-order valence-corrected chi connectivity index (χ4v) is 4.94. The second-order valence-corrected chi connectivity index (χ2v) is 10.9. The molecule has 1 amide bonds. The predicted octanol–water partition coefficient (Wildman–Crippen LogP) is 4.44. The molecule has 2 aliphatic rings. The van der Waals surface area contributed by atoms with E-state index in [4.69, 9.17) is 9.52 Å². The minimum absolute atomic E-state index is 0.00729. The van der Waals surface area contributed by atoms with Gasteiger partial charge in [0, 0.05) is 42.9 Å². The number of carbonyl (C=O) groups excluding carboxylic acids is 1. The zero-order valence-electron chi connectivity index (χ0n) is 18.8. The Balaban J connectivity index is 1.75. The molecule has 4 rings (SSSR count). The van der Waals surface area contributed by atoms with Crippen molar-refractivity contribution in [1.29, 1.82) is 4.78 Å². The van der Waals surface area contributed by atoms with Crippen LogP contribution in [0.5, 0.6) is 0 Å². The van der Waals surface area contributed by atoms with Crippen LogP contribution in [-0.2, 0) is 19.3 Å². The quantitative estimate of drug-likeness (QED) is 0.552. The van der Waals surface area contributed by atoms with Crippen molar-refractivity contribution in [2.45, 2.75) is 48.0 Å². The molecular weight excluding hydrogens is 495 g/mol. The Labute approximate surface area is 198 Å². The van der Waals surface area contributed by atoms with Gasteiger partial charge in [0.05, 0.1) is 16.3 Å². The van der Waals surface area contributed by atoms with E-state index in [9.17, 15) is 31.0 Å². The van der Waals surface area contributed by atoms with Gasteiger partial charge in [-0.15, -0.1) is 0 Å². The van der Waals surface area contributed by atoms with Gasteiger partial charge < -0.3 is 15.0 Å². The molecule has 1 saturated heterocycles. The van der Waals surface area contributed by atoms with Crippen molar-refractivity contribution in [3.05, 3.63) is 47.7 Å². The van der Waals surface area contributed by atoms with Gasteiger partial charge in [-0.05, 0) is 43.0 Å². The van der Waals surface area contributed by atoms with Gasteiger partial charge in [-0.1, -0.05) is 0 Å². The highest BCUT2D eigenvalue weighted by Gasteiger charge is 2.63. The summed E-state index contributed by atoms with van der Waals surface area (Å²) < 4.78 is 95.5. The molecule has 1 saturated carbocycles. The third kappa shape index (κ3) is 4.70. The summed E-state index contributed by atoms with van der Waals surface area (Å²) in [6.07, 6.45) is -2.19. The number of benzene rings is 1. The number of hydrogen-bond acceptors (Lipinski definition) is 6. The highest BCUT2D eigenvalue weighted by Crippen LogP contribution is 2.50. The first-order chi connectivity index (χ1) is 16.3. The maximum absolute atomic E-state index is 14.7. The van der Waals surface area contributed by atoms with Crippen LogP contribution < -0.4 is 10.2 Å². The number of alkyl halides is 3. The molecule has 1 aliphatic heterocycles. The average Bonchev–Trinajstić information content (AvgIpc) is 3.52. The van der Waals surface area contributed by atoms with E-state index in [1.54, 1.807) is 0 Å². The molecule has 1 aliphatic carbocycles. The molecule has 3 atom stereocenters. The number of pyridine rings is 1. The van der Waals surface area contributed by atoms with E-state index >= 15 is 0 Å². The number of rotatable bonds is 6. The number of nitrogens with zero attached hydrogens (tertiary/aromatic N) is 2. The molecule has 7 nitrogen and oxygen atoms in total. The first-order valence-corrected chi connectivity index (χ1v) is 12.6. The molecule has 2 fully saturated rings. The fraction of sp³-hybridized carbons (Fsp3) is 0.455. The van der Waals surface area contributed by atoms with Gasteiger partial charge in [0.15, 0.2) is 17.2 Å². The normalized spacial score (nSPS) is 24.3. The van der Waals surface area contributed by atoms with Gasteiger partial charge >= 0.3 is 6.18 Å². The summed E-state index contributed by atoms with van der Waals surface area (Å²) in [4.78, 5) is 18.2. The molecule has 0 unspecified atom stereocenters. The number of anilines is 2. The number of ether oxygens (including phenoxy) is 1. The van der Waals surface area contributed by atoms with Crippen molar-refractivity contribution in [3.63, 3.8) is 0 Å². The summed E-state index contributed by atoms with van der Waals surface area (Å²) in [5.74, 6) is -3.47. The van der Waals surface area contributed by atoms with Crippen LogP contribution in [-0.4, -0.2) is 52.8 Å². The molecule has 0 spiro atoms. The number of halogens is 5. The van der Waals surface area contributed by atoms with Crippen molar-refractivity contribution in [3.8, 4) is 0 Å². The highest BCUT2D eigenvalue weighted by atomic mass is 32.2. The molecule has 2 heterocycles. The zero-order chi connectivity index (χ0) is 25.8. The average molecular weight is 519 g/mol. The SMILES string of the molecule is CO[C@@]1(C(F)(F)F)C[C@H](C(=O)Nc2ccnc([S@](C)(=N)=O)c2)N(c2ccc(F)c(F)c2C2CC2)C1. The van der Waals surface area contributed by atoms with Crippen LogP contribution in [0.4, 0.5) is 33.3 Å². The zero-order valence-corrected chi connectivity index (χ0v) is 19.6. The summed E-state index contributed by atoms with van der Waals surface area (Å²) in [6.45, 7) is -0.799. The number of hydrogen-bond donors (Lipinski definition) is 2. The van der Waals surface area contributed by atoms with Crippen LogP contribution in [0.25, 0.3) is 0 Å². The van der Waals surface area contributed by atoms with Crippen molar-refractivity contribution in [2.75, 3.05) is 30.1 Å².